The van der Waals surface area contributed by atoms with Crippen molar-refractivity contribution in [1.82, 2.24) is 5.32 Å². The molecule has 1 amide bonds. The number of hydrogen-bond acceptors (Lipinski definition) is 3. The van der Waals surface area contributed by atoms with Gasteiger partial charge in [0, 0.05) is 29.8 Å². The smallest absolute Gasteiger partial charge is 0.244 e. The van der Waals surface area contributed by atoms with Gasteiger partial charge in [0.1, 0.15) is 0 Å². The number of rotatable bonds is 7. The molecule has 0 saturated carbocycles. The third-order valence-corrected chi connectivity index (χ3v) is 3.08. The van der Waals surface area contributed by atoms with Crippen LogP contribution in [0.15, 0.2) is 43.0 Å². The standard InChI is InChI=1S/C14H18N2OS/c1-2-9-18-10-8-16-14(17)7-6-12-4-3-5-13(15)11-12/h2-7,11H,1,8-10,15H2,(H,16,17)/b7-6+. The van der Waals surface area contributed by atoms with E-state index in [9.17, 15) is 4.79 Å². The zero-order chi connectivity index (χ0) is 13.2. The van der Waals surface area contributed by atoms with Crippen LogP contribution in [0.3, 0.4) is 0 Å². The molecular formula is C14H18N2OS. The summed E-state index contributed by atoms with van der Waals surface area (Å²) in [5, 5.41) is 2.81. The maximum absolute atomic E-state index is 11.5. The minimum absolute atomic E-state index is 0.0865. The molecule has 0 spiro atoms. The highest BCUT2D eigenvalue weighted by Crippen LogP contribution is 2.07. The highest BCUT2D eigenvalue weighted by Gasteiger charge is 1.94. The Morgan fingerprint density at radius 1 is 1.50 bits per heavy atom. The fraction of sp³-hybridized carbons (Fsp3) is 0.214. The van der Waals surface area contributed by atoms with Crippen molar-refractivity contribution < 1.29 is 4.79 Å². The Bertz CT molecular complexity index is 430. The summed E-state index contributed by atoms with van der Waals surface area (Å²) in [7, 11) is 0. The predicted octanol–water partition coefficient (Wildman–Crippen LogP) is 2.32. The van der Waals surface area contributed by atoms with Crippen molar-refractivity contribution in [3.63, 3.8) is 0 Å². The number of amides is 1. The lowest BCUT2D eigenvalue weighted by molar-refractivity contribution is -0.116. The van der Waals surface area contributed by atoms with Crippen molar-refractivity contribution in [3.05, 3.63) is 48.6 Å². The molecule has 96 valence electrons. The summed E-state index contributed by atoms with van der Waals surface area (Å²) in [6.45, 7) is 4.30. The molecule has 0 aliphatic heterocycles. The van der Waals surface area contributed by atoms with Gasteiger partial charge in [-0.05, 0) is 23.8 Å². The lowest BCUT2D eigenvalue weighted by Gasteiger charge is -2.00. The van der Waals surface area contributed by atoms with Crippen LogP contribution in [0.2, 0.25) is 0 Å². The molecule has 0 aliphatic carbocycles. The Hall–Kier alpha value is -1.68. The Morgan fingerprint density at radius 2 is 2.33 bits per heavy atom. The molecule has 1 aromatic carbocycles. The van der Waals surface area contributed by atoms with Crippen LogP contribution in [0, 0.1) is 0 Å². The summed E-state index contributed by atoms with van der Waals surface area (Å²) < 4.78 is 0. The van der Waals surface area contributed by atoms with Gasteiger partial charge in [-0.15, -0.1) is 6.58 Å². The van der Waals surface area contributed by atoms with Gasteiger partial charge in [-0.25, -0.2) is 0 Å². The number of benzene rings is 1. The normalized spacial score (nSPS) is 10.4. The summed E-state index contributed by atoms with van der Waals surface area (Å²) in [4.78, 5) is 11.5. The average molecular weight is 262 g/mol. The molecule has 0 atom stereocenters. The van der Waals surface area contributed by atoms with Gasteiger partial charge >= 0.3 is 0 Å². The van der Waals surface area contributed by atoms with Crippen LogP contribution >= 0.6 is 11.8 Å². The van der Waals surface area contributed by atoms with Gasteiger partial charge in [0.15, 0.2) is 0 Å². The highest BCUT2D eigenvalue weighted by molar-refractivity contribution is 7.99. The third kappa shape index (κ3) is 6.15. The topological polar surface area (TPSA) is 55.1 Å². The number of anilines is 1. The zero-order valence-corrected chi connectivity index (χ0v) is 11.1. The van der Waals surface area contributed by atoms with Crippen molar-refractivity contribution in [2.45, 2.75) is 0 Å². The van der Waals surface area contributed by atoms with E-state index in [1.807, 2.05) is 30.3 Å². The predicted molar refractivity (Wildman–Crippen MR) is 80.4 cm³/mol. The fourth-order valence-electron chi connectivity index (χ4n) is 1.31. The summed E-state index contributed by atoms with van der Waals surface area (Å²) in [6, 6.07) is 7.40. The lowest BCUT2D eigenvalue weighted by atomic mass is 10.2. The van der Waals surface area contributed by atoms with Gasteiger partial charge in [0.2, 0.25) is 5.91 Å². The van der Waals surface area contributed by atoms with Crippen molar-refractivity contribution >= 4 is 29.4 Å². The van der Waals surface area contributed by atoms with Gasteiger partial charge in [0.25, 0.3) is 0 Å². The number of nitrogens with two attached hydrogens (primary N) is 1. The highest BCUT2D eigenvalue weighted by atomic mass is 32.2. The SMILES string of the molecule is C=CCSCCNC(=O)/C=C/c1cccc(N)c1. The number of carbonyl (C=O) groups is 1. The lowest BCUT2D eigenvalue weighted by Crippen LogP contribution is -2.23. The van der Waals surface area contributed by atoms with Crippen LogP contribution in [0.5, 0.6) is 0 Å². The minimum Gasteiger partial charge on any atom is -0.399 e. The molecule has 0 saturated heterocycles. The first-order valence-corrected chi connectivity index (χ1v) is 6.88. The van der Waals surface area contributed by atoms with Crippen molar-refractivity contribution in [2.75, 3.05) is 23.8 Å². The Labute approximate surface area is 112 Å². The summed E-state index contributed by atoms with van der Waals surface area (Å²) in [6.07, 6.45) is 5.13. The quantitative estimate of drug-likeness (QED) is 0.343. The minimum atomic E-state index is -0.0865. The van der Waals surface area contributed by atoms with E-state index in [-0.39, 0.29) is 5.91 Å². The van der Waals surface area contributed by atoms with E-state index >= 15 is 0 Å². The first-order chi connectivity index (χ1) is 8.72. The molecule has 0 fully saturated rings. The average Bonchev–Trinajstić information content (AvgIpc) is 2.36. The van der Waals surface area contributed by atoms with Gasteiger partial charge in [0.05, 0.1) is 0 Å². The van der Waals surface area contributed by atoms with E-state index < -0.39 is 0 Å². The molecule has 0 heterocycles. The molecule has 4 heteroatoms. The fourth-order valence-corrected chi connectivity index (χ4v) is 1.89. The van der Waals surface area contributed by atoms with E-state index in [0.717, 1.165) is 17.1 Å². The number of hydrogen-bond donors (Lipinski definition) is 2. The molecule has 3 nitrogen and oxygen atoms in total. The van der Waals surface area contributed by atoms with Crippen LogP contribution in [-0.4, -0.2) is 24.0 Å². The molecule has 0 aromatic heterocycles. The molecular weight excluding hydrogens is 244 g/mol. The van der Waals surface area contributed by atoms with Crippen molar-refractivity contribution in [2.24, 2.45) is 0 Å². The molecule has 0 unspecified atom stereocenters. The third-order valence-electron chi connectivity index (χ3n) is 2.12. The number of nitrogen functional groups attached to an aromatic ring is 1. The summed E-state index contributed by atoms with van der Waals surface area (Å²) in [5.74, 6) is 1.72. The first-order valence-electron chi connectivity index (χ1n) is 5.72. The second-order valence-electron chi connectivity index (χ2n) is 3.66. The molecule has 0 radical (unpaired) electrons. The zero-order valence-electron chi connectivity index (χ0n) is 10.3. The van der Waals surface area contributed by atoms with E-state index in [0.29, 0.717) is 12.2 Å². The monoisotopic (exact) mass is 262 g/mol. The number of thioether (sulfide) groups is 1. The maximum Gasteiger partial charge on any atom is 0.244 e. The number of nitrogens with one attached hydrogen (secondary N) is 1. The number of carbonyl (C=O) groups excluding carboxylic acids is 1. The molecule has 1 rings (SSSR count). The van der Waals surface area contributed by atoms with Crippen molar-refractivity contribution in [3.8, 4) is 0 Å². The van der Waals surface area contributed by atoms with Crippen LogP contribution in [0.25, 0.3) is 6.08 Å². The molecule has 18 heavy (non-hydrogen) atoms. The van der Waals surface area contributed by atoms with E-state index in [1.165, 1.54) is 6.08 Å². The Kier molecular flexibility index (Phi) is 6.72. The van der Waals surface area contributed by atoms with Crippen LogP contribution in [0.1, 0.15) is 5.56 Å². The second-order valence-corrected chi connectivity index (χ2v) is 4.81. The molecule has 0 aliphatic rings. The van der Waals surface area contributed by atoms with E-state index in [1.54, 1.807) is 17.8 Å². The van der Waals surface area contributed by atoms with Crippen LogP contribution < -0.4 is 11.1 Å². The second kappa shape index (κ2) is 8.42. The van der Waals surface area contributed by atoms with Crippen LogP contribution in [0.4, 0.5) is 5.69 Å². The molecule has 3 N–H and O–H groups in total. The summed E-state index contributed by atoms with van der Waals surface area (Å²) >= 11 is 1.74. The van der Waals surface area contributed by atoms with Gasteiger partial charge in [-0.3, -0.25) is 4.79 Å². The Morgan fingerprint density at radius 3 is 3.06 bits per heavy atom. The van der Waals surface area contributed by atoms with Gasteiger partial charge in [-0.1, -0.05) is 18.2 Å². The van der Waals surface area contributed by atoms with Crippen LogP contribution in [-0.2, 0) is 4.79 Å². The van der Waals surface area contributed by atoms with E-state index in [4.69, 9.17) is 5.73 Å². The Balaban J connectivity index is 2.29. The molecule has 0 bridgehead atoms. The maximum atomic E-state index is 11.5. The van der Waals surface area contributed by atoms with Crippen molar-refractivity contribution in [1.29, 1.82) is 0 Å². The van der Waals surface area contributed by atoms with Gasteiger partial charge < -0.3 is 11.1 Å². The first kappa shape index (κ1) is 14.4. The van der Waals surface area contributed by atoms with Gasteiger partial charge in [-0.2, -0.15) is 11.8 Å². The largest absolute Gasteiger partial charge is 0.399 e. The van der Waals surface area contributed by atoms with E-state index in [2.05, 4.69) is 11.9 Å². The summed E-state index contributed by atoms with van der Waals surface area (Å²) in [5.41, 5.74) is 7.26. The molecule has 1 aromatic rings.